The fourth-order valence-corrected chi connectivity index (χ4v) is 4.80. The third-order valence-corrected chi connectivity index (χ3v) is 6.50. The maximum Gasteiger partial charge on any atom is 0.330 e. The van der Waals surface area contributed by atoms with Crippen molar-refractivity contribution in [2.24, 2.45) is 0 Å². The number of methoxy groups -OCH3 is 1. The van der Waals surface area contributed by atoms with Gasteiger partial charge in [0.15, 0.2) is 6.23 Å². The molecule has 11 heteroatoms. The molecule has 2 rings (SSSR count). The van der Waals surface area contributed by atoms with Crippen LogP contribution in [0.3, 0.4) is 0 Å². The molecule has 1 fully saturated rings. The van der Waals surface area contributed by atoms with Crippen molar-refractivity contribution in [2.75, 3.05) is 20.3 Å². The maximum absolute atomic E-state index is 12.0. The molecule has 1 unspecified atom stereocenters. The molecule has 26 heavy (non-hydrogen) atoms. The van der Waals surface area contributed by atoms with Gasteiger partial charge in [0.2, 0.25) is 6.49 Å². The number of rotatable bonds is 8. The minimum atomic E-state index is -2.63. The van der Waals surface area contributed by atoms with Crippen molar-refractivity contribution in [3.8, 4) is 0 Å². The Bertz CT molecular complexity index is 783. The van der Waals surface area contributed by atoms with E-state index in [-0.39, 0.29) is 0 Å². The van der Waals surface area contributed by atoms with Gasteiger partial charge in [0.1, 0.15) is 18.3 Å². The normalized spacial score (nSPS) is 26.6. The standard InChI is InChI=1S/C15H23N2O7PS/c1-4-22-25(26,23-5-2)9-7-10-12(19)13(21-3)14(24-10)17-8-6-11(18)16-15(17)20/h6-10,12-14,19H,4-5H2,1-3H3,(H,16,18,20)/b9-7+/t10-,12?,13+,14-/m1/s1. The fourth-order valence-electron chi connectivity index (χ4n) is 2.61. The SMILES string of the molecule is CCOP(=S)(/C=C/[C@H]1O[C@@H](n2ccc(=O)[nH]c2=O)[C@@H](OC)C1O)OCC. The number of hydrogen-bond donors (Lipinski definition) is 2. The Balaban J connectivity index is 2.27. The summed E-state index contributed by atoms with van der Waals surface area (Å²) in [6.07, 6.45) is -0.698. The van der Waals surface area contributed by atoms with Gasteiger partial charge >= 0.3 is 5.69 Å². The zero-order chi connectivity index (χ0) is 19.3. The van der Waals surface area contributed by atoms with E-state index in [4.69, 9.17) is 30.3 Å². The Hall–Kier alpha value is -1.13. The van der Waals surface area contributed by atoms with Crippen LogP contribution in [0, 0.1) is 0 Å². The largest absolute Gasteiger partial charge is 0.387 e. The lowest BCUT2D eigenvalue weighted by Gasteiger charge is -2.19. The minimum absolute atomic E-state index is 0.395. The molecule has 0 radical (unpaired) electrons. The molecule has 0 aromatic carbocycles. The van der Waals surface area contributed by atoms with Gasteiger partial charge in [0.25, 0.3) is 5.56 Å². The van der Waals surface area contributed by atoms with Crippen LogP contribution < -0.4 is 11.2 Å². The predicted molar refractivity (Wildman–Crippen MR) is 98.7 cm³/mol. The van der Waals surface area contributed by atoms with Crippen LogP contribution in [-0.2, 0) is 30.3 Å². The second-order valence-electron chi connectivity index (χ2n) is 5.42. The van der Waals surface area contributed by atoms with Gasteiger partial charge in [-0.15, -0.1) is 0 Å². The Morgan fingerprint density at radius 1 is 1.38 bits per heavy atom. The van der Waals surface area contributed by atoms with Gasteiger partial charge in [0, 0.05) is 19.4 Å². The van der Waals surface area contributed by atoms with Gasteiger partial charge in [-0.2, -0.15) is 0 Å². The zero-order valence-electron chi connectivity index (χ0n) is 14.7. The number of aromatic amines is 1. The number of aliphatic hydroxyl groups excluding tert-OH is 1. The van der Waals surface area contributed by atoms with Crippen molar-refractivity contribution in [1.82, 2.24) is 9.55 Å². The molecule has 0 spiro atoms. The van der Waals surface area contributed by atoms with Crippen molar-refractivity contribution >= 4 is 18.3 Å². The first-order chi connectivity index (χ1) is 12.3. The number of aliphatic hydroxyl groups is 1. The van der Waals surface area contributed by atoms with E-state index >= 15 is 0 Å². The quantitative estimate of drug-likeness (QED) is 0.607. The van der Waals surface area contributed by atoms with Crippen LogP contribution in [0.25, 0.3) is 0 Å². The van der Waals surface area contributed by atoms with Crippen molar-refractivity contribution in [3.05, 3.63) is 45.0 Å². The van der Waals surface area contributed by atoms with E-state index in [0.29, 0.717) is 13.2 Å². The summed E-state index contributed by atoms with van der Waals surface area (Å²) in [5.74, 6) is 1.59. The fraction of sp³-hybridized carbons (Fsp3) is 0.600. The first-order valence-electron chi connectivity index (χ1n) is 8.11. The predicted octanol–water partition coefficient (Wildman–Crippen LogP) is 0.706. The van der Waals surface area contributed by atoms with Crippen LogP contribution >= 0.6 is 6.49 Å². The van der Waals surface area contributed by atoms with Crippen molar-refractivity contribution in [2.45, 2.75) is 38.4 Å². The lowest BCUT2D eigenvalue weighted by Crippen LogP contribution is -2.38. The summed E-state index contributed by atoms with van der Waals surface area (Å²) in [7, 11) is 1.40. The van der Waals surface area contributed by atoms with Crippen molar-refractivity contribution in [3.63, 3.8) is 0 Å². The summed E-state index contributed by atoms with van der Waals surface area (Å²) in [4.78, 5) is 25.4. The Labute approximate surface area is 155 Å². The van der Waals surface area contributed by atoms with Crippen LogP contribution in [0.4, 0.5) is 0 Å². The second kappa shape index (κ2) is 9.18. The number of aromatic nitrogens is 2. The smallest absolute Gasteiger partial charge is 0.330 e. The summed E-state index contributed by atoms with van der Waals surface area (Å²) in [5.41, 5.74) is -1.18. The molecule has 2 heterocycles. The lowest BCUT2D eigenvalue weighted by atomic mass is 10.1. The summed E-state index contributed by atoms with van der Waals surface area (Å²) < 4.78 is 23.3. The molecule has 146 valence electrons. The van der Waals surface area contributed by atoms with Crippen molar-refractivity contribution < 1.29 is 23.6 Å². The molecule has 0 aliphatic carbocycles. The number of H-pyrrole nitrogens is 1. The minimum Gasteiger partial charge on any atom is -0.387 e. The van der Waals surface area contributed by atoms with E-state index in [9.17, 15) is 14.7 Å². The molecular formula is C15H23N2O7PS. The first kappa shape index (κ1) is 21.2. The molecule has 1 aromatic heterocycles. The van der Waals surface area contributed by atoms with Gasteiger partial charge < -0.3 is 23.6 Å². The summed E-state index contributed by atoms with van der Waals surface area (Å²) in [5, 5.41) is 10.5. The number of nitrogens with one attached hydrogen (secondary N) is 1. The van der Waals surface area contributed by atoms with Gasteiger partial charge in [-0.1, -0.05) is 0 Å². The van der Waals surface area contributed by atoms with E-state index in [1.54, 1.807) is 11.9 Å². The highest BCUT2D eigenvalue weighted by molar-refractivity contribution is 8.11. The summed E-state index contributed by atoms with van der Waals surface area (Å²) in [6.45, 7) is 1.79. The highest BCUT2D eigenvalue weighted by Gasteiger charge is 2.44. The Kier molecular flexibility index (Phi) is 7.48. The van der Waals surface area contributed by atoms with E-state index in [2.05, 4.69) is 4.98 Å². The Morgan fingerprint density at radius 3 is 2.58 bits per heavy atom. The molecule has 9 nitrogen and oxygen atoms in total. The molecular weight excluding hydrogens is 383 g/mol. The molecule has 2 N–H and O–H groups in total. The van der Waals surface area contributed by atoms with Crippen LogP contribution in [0.5, 0.6) is 0 Å². The second-order valence-corrected chi connectivity index (χ2v) is 8.84. The third-order valence-electron chi connectivity index (χ3n) is 3.72. The molecule has 1 aromatic rings. The van der Waals surface area contributed by atoms with Gasteiger partial charge in [-0.3, -0.25) is 14.3 Å². The van der Waals surface area contributed by atoms with Gasteiger partial charge in [0.05, 0.1) is 13.2 Å². The molecule has 4 atom stereocenters. The van der Waals surface area contributed by atoms with Gasteiger partial charge in [-0.25, -0.2) is 4.79 Å². The third kappa shape index (κ3) is 4.77. The summed E-state index contributed by atoms with van der Waals surface area (Å²) >= 11 is 5.41. The topological polar surface area (TPSA) is 112 Å². The summed E-state index contributed by atoms with van der Waals surface area (Å²) in [6, 6.07) is 1.19. The molecule has 0 saturated carbocycles. The lowest BCUT2D eigenvalue weighted by molar-refractivity contribution is -0.0491. The monoisotopic (exact) mass is 406 g/mol. The van der Waals surface area contributed by atoms with Crippen molar-refractivity contribution in [1.29, 1.82) is 0 Å². The molecule has 1 aliphatic heterocycles. The van der Waals surface area contributed by atoms with E-state index in [1.807, 2.05) is 13.8 Å². The molecule has 0 amide bonds. The average molecular weight is 406 g/mol. The molecule has 1 saturated heterocycles. The number of nitrogens with zero attached hydrogens (tertiary/aromatic N) is 1. The highest BCUT2D eigenvalue weighted by atomic mass is 32.5. The van der Waals surface area contributed by atoms with Crippen LogP contribution in [0.1, 0.15) is 20.1 Å². The highest BCUT2D eigenvalue weighted by Crippen LogP contribution is 2.50. The number of hydrogen-bond acceptors (Lipinski definition) is 8. The van der Waals surface area contributed by atoms with Crippen LogP contribution in [0.2, 0.25) is 0 Å². The first-order valence-corrected chi connectivity index (χ1v) is 10.8. The van der Waals surface area contributed by atoms with E-state index in [0.717, 1.165) is 4.57 Å². The average Bonchev–Trinajstić information content (AvgIpc) is 2.89. The van der Waals surface area contributed by atoms with Gasteiger partial charge in [-0.05, 0) is 37.5 Å². The number of ether oxygens (including phenoxy) is 2. The van der Waals surface area contributed by atoms with Crippen LogP contribution in [-0.4, -0.2) is 53.3 Å². The zero-order valence-corrected chi connectivity index (χ0v) is 16.4. The van der Waals surface area contributed by atoms with E-state index < -0.39 is 42.3 Å². The van der Waals surface area contributed by atoms with E-state index in [1.165, 1.54) is 19.4 Å². The van der Waals surface area contributed by atoms with Crippen LogP contribution in [0.15, 0.2) is 33.7 Å². The Morgan fingerprint density at radius 2 is 2.04 bits per heavy atom. The molecule has 0 bridgehead atoms. The molecule has 1 aliphatic rings. The maximum atomic E-state index is 12.0.